The molecule has 0 aliphatic rings. The Morgan fingerprint density at radius 2 is 2.12 bits per heavy atom. The van der Waals surface area contributed by atoms with E-state index in [0.717, 1.165) is 0 Å². The number of aromatic nitrogens is 1. The van der Waals surface area contributed by atoms with E-state index in [1.54, 1.807) is 6.07 Å². The van der Waals surface area contributed by atoms with Gasteiger partial charge in [0, 0.05) is 36.7 Å². The highest BCUT2D eigenvalue weighted by atomic mass is 19.4. The van der Waals surface area contributed by atoms with Crippen LogP contribution in [0.15, 0.2) is 18.5 Å². The average molecular weight is 247 g/mol. The van der Waals surface area contributed by atoms with E-state index in [9.17, 15) is 13.2 Å². The van der Waals surface area contributed by atoms with Crippen molar-refractivity contribution in [2.45, 2.75) is 26.1 Å². The summed E-state index contributed by atoms with van der Waals surface area (Å²) in [4.78, 5) is 5.16. The Labute approximate surface area is 98.4 Å². The van der Waals surface area contributed by atoms with Gasteiger partial charge in [0.15, 0.2) is 0 Å². The van der Waals surface area contributed by atoms with Gasteiger partial charge in [0.1, 0.15) is 6.54 Å². The summed E-state index contributed by atoms with van der Waals surface area (Å²) in [6, 6.07) is 1.57. The van der Waals surface area contributed by atoms with Crippen molar-refractivity contribution >= 4 is 5.69 Å². The van der Waals surface area contributed by atoms with Crippen LogP contribution in [0.25, 0.3) is 0 Å². The van der Waals surface area contributed by atoms with Gasteiger partial charge in [0.2, 0.25) is 0 Å². The number of anilines is 1. The van der Waals surface area contributed by atoms with Crippen molar-refractivity contribution in [3.05, 3.63) is 24.0 Å². The molecule has 0 atom stereocenters. The third-order valence-electron chi connectivity index (χ3n) is 2.30. The molecule has 1 heterocycles. The fraction of sp³-hybridized carbons (Fsp3) is 0.545. The number of nitrogens with zero attached hydrogens (tertiary/aromatic N) is 2. The lowest BCUT2D eigenvalue weighted by molar-refractivity contribution is -0.119. The largest absolute Gasteiger partial charge is 0.405 e. The zero-order valence-electron chi connectivity index (χ0n) is 9.67. The van der Waals surface area contributed by atoms with Gasteiger partial charge < -0.3 is 10.6 Å². The molecule has 0 fully saturated rings. The lowest BCUT2D eigenvalue weighted by Crippen LogP contribution is -2.35. The Morgan fingerprint density at radius 1 is 1.41 bits per heavy atom. The second-order valence-electron chi connectivity index (χ2n) is 3.75. The summed E-state index contributed by atoms with van der Waals surface area (Å²) in [6.45, 7) is 1.41. The van der Waals surface area contributed by atoms with E-state index < -0.39 is 12.7 Å². The smallest absolute Gasteiger partial charge is 0.362 e. The molecule has 3 nitrogen and oxygen atoms in total. The molecule has 1 aromatic heterocycles. The molecule has 0 bridgehead atoms. The van der Waals surface area contributed by atoms with Gasteiger partial charge in [-0.25, -0.2) is 0 Å². The normalized spacial score (nSPS) is 11.6. The highest BCUT2D eigenvalue weighted by Crippen LogP contribution is 2.24. The van der Waals surface area contributed by atoms with Gasteiger partial charge in [0.05, 0.1) is 0 Å². The van der Waals surface area contributed by atoms with E-state index in [4.69, 9.17) is 5.73 Å². The van der Waals surface area contributed by atoms with Gasteiger partial charge in [-0.3, -0.25) is 4.98 Å². The maximum Gasteiger partial charge on any atom is 0.405 e. The minimum Gasteiger partial charge on any atom is -0.362 e. The number of halogens is 3. The molecule has 0 aliphatic heterocycles. The summed E-state index contributed by atoms with van der Waals surface area (Å²) in [5.41, 5.74) is 6.65. The van der Waals surface area contributed by atoms with E-state index >= 15 is 0 Å². The topological polar surface area (TPSA) is 42.2 Å². The fourth-order valence-corrected chi connectivity index (χ4v) is 1.66. The Kier molecular flexibility index (Phi) is 4.74. The Hall–Kier alpha value is -1.30. The van der Waals surface area contributed by atoms with E-state index in [-0.39, 0.29) is 6.54 Å². The Morgan fingerprint density at radius 3 is 2.65 bits per heavy atom. The van der Waals surface area contributed by atoms with Gasteiger partial charge in [-0.05, 0) is 12.5 Å². The number of alkyl halides is 3. The molecule has 0 amide bonds. The number of rotatable bonds is 5. The summed E-state index contributed by atoms with van der Waals surface area (Å²) in [7, 11) is 0. The van der Waals surface area contributed by atoms with Gasteiger partial charge in [0.25, 0.3) is 0 Å². The van der Waals surface area contributed by atoms with Crippen LogP contribution in [0.4, 0.5) is 18.9 Å². The third kappa shape index (κ3) is 4.22. The second kappa shape index (κ2) is 5.86. The van der Waals surface area contributed by atoms with Crippen LogP contribution in [-0.2, 0) is 6.54 Å². The van der Waals surface area contributed by atoms with E-state index in [1.165, 1.54) is 17.3 Å². The highest BCUT2D eigenvalue weighted by molar-refractivity contribution is 5.52. The Balaban J connectivity index is 2.96. The van der Waals surface area contributed by atoms with Crippen LogP contribution in [0.2, 0.25) is 0 Å². The average Bonchev–Trinajstić information content (AvgIpc) is 2.27. The fourth-order valence-electron chi connectivity index (χ4n) is 1.66. The van der Waals surface area contributed by atoms with E-state index in [2.05, 4.69) is 4.98 Å². The molecule has 0 spiro atoms. The van der Waals surface area contributed by atoms with Crippen LogP contribution in [0.1, 0.15) is 18.9 Å². The monoisotopic (exact) mass is 247 g/mol. The molecule has 1 aromatic rings. The second-order valence-corrected chi connectivity index (χ2v) is 3.75. The number of hydrogen-bond acceptors (Lipinski definition) is 3. The molecule has 0 aromatic carbocycles. The molecule has 2 N–H and O–H groups in total. The summed E-state index contributed by atoms with van der Waals surface area (Å²) in [6.07, 6.45) is -0.589. The number of hydrogen-bond donors (Lipinski definition) is 1. The van der Waals surface area contributed by atoms with Crippen molar-refractivity contribution in [2.24, 2.45) is 5.73 Å². The maximum atomic E-state index is 12.5. The maximum absolute atomic E-state index is 12.5. The van der Waals surface area contributed by atoms with Crippen molar-refractivity contribution in [1.82, 2.24) is 4.98 Å². The molecule has 0 radical (unpaired) electrons. The molecular formula is C11H16F3N3. The van der Waals surface area contributed by atoms with Crippen molar-refractivity contribution in [3.8, 4) is 0 Å². The quantitative estimate of drug-likeness (QED) is 0.868. The van der Waals surface area contributed by atoms with Crippen molar-refractivity contribution in [2.75, 3.05) is 18.0 Å². The van der Waals surface area contributed by atoms with Crippen molar-refractivity contribution in [1.29, 1.82) is 0 Å². The van der Waals surface area contributed by atoms with E-state index in [0.29, 0.717) is 24.2 Å². The predicted octanol–water partition coefficient (Wildman–Crippen LogP) is 2.32. The molecule has 96 valence electrons. The number of pyridine rings is 1. The number of nitrogens with two attached hydrogens (primary N) is 1. The summed E-state index contributed by atoms with van der Waals surface area (Å²) in [5, 5.41) is 0. The predicted molar refractivity (Wildman–Crippen MR) is 60.7 cm³/mol. The van der Waals surface area contributed by atoms with Crippen LogP contribution in [0.3, 0.4) is 0 Å². The minimum absolute atomic E-state index is 0.182. The zero-order chi connectivity index (χ0) is 12.9. The first-order chi connectivity index (χ1) is 7.98. The zero-order valence-corrected chi connectivity index (χ0v) is 9.67. The lowest BCUT2D eigenvalue weighted by atomic mass is 10.2. The first kappa shape index (κ1) is 13.8. The van der Waals surface area contributed by atoms with Gasteiger partial charge in [-0.15, -0.1) is 0 Å². The summed E-state index contributed by atoms with van der Waals surface area (Å²) < 4.78 is 37.4. The SMILES string of the molecule is CCCN(CC(F)(F)F)c1ccncc1CN. The van der Waals surface area contributed by atoms with Crippen molar-refractivity contribution < 1.29 is 13.2 Å². The van der Waals surface area contributed by atoms with Crippen LogP contribution in [0.5, 0.6) is 0 Å². The summed E-state index contributed by atoms with van der Waals surface area (Å²) >= 11 is 0. The standard InChI is InChI=1S/C11H16F3N3/c1-2-5-17(8-11(12,13)14)10-3-4-16-7-9(10)6-15/h3-4,7H,2,5-6,8,15H2,1H3. The summed E-state index contributed by atoms with van der Waals surface area (Å²) in [5.74, 6) is 0. The molecule has 0 saturated carbocycles. The molecule has 0 aliphatic carbocycles. The van der Waals surface area contributed by atoms with Gasteiger partial charge >= 0.3 is 6.18 Å². The van der Waals surface area contributed by atoms with Crippen LogP contribution in [0, 0.1) is 0 Å². The first-order valence-corrected chi connectivity index (χ1v) is 5.42. The Bertz CT molecular complexity index is 352. The van der Waals surface area contributed by atoms with Crippen LogP contribution >= 0.6 is 0 Å². The first-order valence-electron chi connectivity index (χ1n) is 5.42. The molecule has 0 saturated heterocycles. The minimum atomic E-state index is -4.22. The molecule has 6 heteroatoms. The van der Waals surface area contributed by atoms with Gasteiger partial charge in [-0.1, -0.05) is 6.92 Å². The van der Waals surface area contributed by atoms with Gasteiger partial charge in [-0.2, -0.15) is 13.2 Å². The van der Waals surface area contributed by atoms with Crippen LogP contribution < -0.4 is 10.6 Å². The van der Waals surface area contributed by atoms with Crippen LogP contribution in [-0.4, -0.2) is 24.2 Å². The molecule has 0 unspecified atom stereocenters. The molecule has 17 heavy (non-hydrogen) atoms. The van der Waals surface area contributed by atoms with Crippen molar-refractivity contribution in [3.63, 3.8) is 0 Å². The third-order valence-corrected chi connectivity index (χ3v) is 2.30. The molecule has 1 rings (SSSR count). The molecular weight excluding hydrogens is 231 g/mol. The lowest BCUT2D eigenvalue weighted by Gasteiger charge is -2.27. The van der Waals surface area contributed by atoms with E-state index in [1.807, 2.05) is 6.92 Å². The highest BCUT2D eigenvalue weighted by Gasteiger charge is 2.31.